The summed E-state index contributed by atoms with van der Waals surface area (Å²) in [5.74, 6) is -1.28. The molecule has 8 heteroatoms. The maximum absolute atomic E-state index is 12.9. The molecule has 4 N–H and O–H groups in total. The molecule has 25 heavy (non-hydrogen) atoms. The summed E-state index contributed by atoms with van der Waals surface area (Å²) in [4.78, 5) is 24.6. The van der Waals surface area contributed by atoms with Crippen LogP contribution in [0.2, 0.25) is 0 Å². The number of aliphatic hydroxyl groups is 1. The summed E-state index contributed by atoms with van der Waals surface area (Å²) in [6.07, 6.45) is -0.475. The van der Waals surface area contributed by atoms with Crippen molar-refractivity contribution in [3.8, 4) is 0 Å². The maximum Gasteiger partial charge on any atom is 0.251 e. The fraction of sp³-hybridized carbons (Fsp3) is 0.529. The lowest BCUT2D eigenvalue weighted by Crippen LogP contribution is -2.51. The van der Waals surface area contributed by atoms with Crippen LogP contribution in [-0.2, 0) is 4.79 Å². The number of carbonyl (C=O) groups is 2. The molecule has 6 nitrogen and oxygen atoms in total. The second-order valence-electron chi connectivity index (χ2n) is 6.43. The molecule has 1 saturated heterocycles. The summed E-state index contributed by atoms with van der Waals surface area (Å²) < 4.78 is 12.9. The predicted molar refractivity (Wildman–Crippen MR) is 95.1 cm³/mol. The van der Waals surface area contributed by atoms with Crippen LogP contribution >= 0.6 is 12.4 Å². The van der Waals surface area contributed by atoms with Crippen molar-refractivity contribution in [2.45, 2.75) is 26.0 Å². The molecular weight excluding hydrogens is 349 g/mol. The molecule has 0 aliphatic carbocycles. The zero-order valence-electron chi connectivity index (χ0n) is 14.3. The minimum atomic E-state index is -0.700. The third-order valence-electron chi connectivity index (χ3n) is 4.18. The first-order valence-electron chi connectivity index (χ1n) is 8.11. The highest BCUT2D eigenvalue weighted by Gasteiger charge is 2.28. The molecule has 0 radical (unpaired) electrons. The van der Waals surface area contributed by atoms with E-state index in [0.29, 0.717) is 25.2 Å². The fourth-order valence-corrected chi connectivity index (χ4v) is 2.63. The molecule has 0 bridgehead atoms. The van der Waals surface area contributed by atoms with Crippen LogP contribution in [0.1, 0.15) is 24.2 Å². The van der Waals surface area contributed by atoms with Crippen LogP contribution < -0.4 is 16.0 Å². The van der Waals surface area contributed by atoms with Crippen LogP contribution in [0.3, 0.4) is 0 Å². The van der Waals surface area contributed by atoms with E-state index in [2.05, 4.69) is 16.0 Å². The number of hydrogen-bond donors (Lipinski definition) is 4. The zero-order chi connectivity index (χ0) is 17.7. The van der Waals surface area contributed by atoms with Crippen molar-refractivity contribution in [1.29, 1.82) is 0 Å². The lowest BCUT2D eigenvalue weighted by atomic mass is 10.0. The first kappa shape index (κ1) is 21.3. The molecule has 140 valence electrons. The largest absolute Gasteiger partial charge is 0.391 e. The van der Waals surface area contributed by atoms with Crippen molar-refractivity contribution in [3.63, 3.8) is 0 Å². The topological polar surface area (TPSA) is 90.5 Å². The first-order valence-corrected chi connectivity index (χ1v) is 8.11. The second kappa shape index (κ2) is 9.70. The predicted octanol–water partition coefficient (Wildman–Crippen LogP) is 0.698. The van der Waals surface area contributed by atoms with E-state index in [0.717, 1.165) is 0 Å². The highest BCUT2D eigenvalue weighted by atomic mass is 35.5. The highest BCUT2D eigenvalue weighted by molar-refractivity contribution is 5.97. The van der Waals surface area contributed by atoms with Crippen LogP contribution in [0, 0.1) is 17.7 Å². The average molecular weight is 374 g/mol. The van der Waals surface area contributed by atoms with E-state index in [1.165, 1.54) is 24.3 Å². The quantitative estimate of drug-likeness (QED) is 0.591. The van der Waals surface area contributed by atoms with Gasteiger partial charge in [0.15, 0.2) is 0 Å². The molecule has 1 aromatic rings. The van der Waals surface area contributed by atoms with Gasteiger partial charge in [-0.1, -0.05) is 13.8 Å². The third kappa shape index (κ3) is 5.95. The first-order chi connectivity index (χ1) is 11.4. The van der Waals surface area contributed by atoms with Crippen molar-refractivity contribution < 1.29 is 19.1 Å². The van der Waals surface area contributed by atoms with Crippen LogP contribution in [0.15, 0.2) is 24.3 Å². The normalized spacial score (nSPS) is 20.7. The summed E-state index contributed by atoms with van der Waals surface area (Å²) in [5, 5.41) is 18.3. The van der Waals surface area contributed by atoms with Gasteiger partial charge in [-0.2, -0.15) is 0 Å². The lowest BCUT2D eigenvalue weighted by Gasteiger charge is -2.23. The summed E-state index contributed by atoms with van der Waals surface area (Å²) in [6, 6.07) is 4.46. The Hall–Kier alpha value is -1.70. The van der Waals surface area contributed by atoms with E-state index < -0.39 is 23.9 Å². The van der Waals surface area contributed by atoms with Gasteiger partial charge in [0, 0.05) is 31.1 Å². The van der Waals surface area contributed by atoms with Gasteiger partial charge in [0.05, 0.1) is 6.10 Å². The van der Waals surface area contributed by atoms with Crippen LogP contribution in [-0.4, -0.2) is 48.7 Å². The molecule has 1 heterocycles. The van der Waals surface area contributed by atoms with Gasteiger partial charge in [-0.15, -0.1) is 12.4 Å². The van der Waals surface area contributed by atoms with Crippen LogP contribution in [0.25, 0.3) is 0 Å². The number of nitrogens with one attached hydrogen (secondary N) is 3. The maximum atomic E-state index is 12.9. The van der Waals surface area contributed by atoms with E-state index in [1.54, 1.807) is 0 Å². The Morgan fingerprint density at radius 1 is 1.28 bits per heavy atom. The summed E-state index contributed by atoms with van der Waals surface area (Å²) >= 11 is 0. The van der Waals surface area contributed by atoms with E-state index in [-0.39, 0.29) is 30.2 Å². The minimum Gasteiger partial charge on any atom is -0.391 e. The molecular formula is C17H25ClFN3O3. The SMILES string of the molecule is CC(C)C(NC(=O)c1ccc(F)cc1)C(=O)NCC1CNCC1O.Cl. The van der Waals surface area contributed by atoms with Gasteiger partial charge in [0.2, 0.25) is 5.91 Å². The van der Waals surface area contributed by atoms with Crippen LogP contribution in [0.5, 0.6) is 0 Å². The van der Waals surface area contributed by atoms with Crippen molar-refractivity contribution in [2.24, 2.45) is 11.8 Å². The van der Waals surface area contributed by atoms with Gasteiger partial charge in [0.1, 0.15) is 11.9 Å². The number of amides is 2. The number of hydrogen-bond acceptors (Lipinski definition) is 4. The molecule has 1 fully saturated rings. The molecule has 2 amide bonds. The number of aliphatic hydroxyl groups excluding tert-OH is 1. The van der Waals surface area contributed by atoms with E-state index in [9.17, 15) is 19.1 Å². The van der Waals surface area contributed by atoms with Gasteiger partial charge in [-0.25, -0.2) is 4.39 Å². The molecule has 3 atom stereocenters. The molecule has 0 aromatic heterocycles. The monoisotopic (exact) mass is 373 g/mol. The average Bonchev–Trinajstić information content (AvgIpc) is 2.95. The van der Waals surface area contributed by atoms with Gasteiger partial charge in [-0.05, 0) is 30.2 Å². The molecule has 0 spiro atoms. The molecule has 1 aromatic carbocycles. The van der Waals surface area contributed by atoms with E-state index in [1.807, 2.05) is 13.8 Å². The van der Waals surface area contributed by atoms with Crippen molar-refractivity contribution in [2.75, 3.05) is 19.6 Å². The Balaban J connectivity index is 0.00000312. The zero-order valence-corrected chi connectivity index (χ0v) is 15.1. The molecule has 1 aliphatic rings. The third-order valence-corrected chi connectivity index (χ3v) is 4.18. The Morgan fingerprint density at radius 2 is 1.92 bits per heavy atom. The number of rotatable bonds is 6. The van der Waals surface area contributed by atoms with E-state index in [4.69, 9.17) is 0 Å². The highest BCUT2D eigenvalue weighted by Crippen LogP contribution is 2.09. The van der Waals surface area contributed by atoms with Crippen molar-refractivity contribution in [3.05, 3.63) is 35.6 Å². The number of halogens is 2. The molecule has 2 rings (SSSR count). The Bertz CT molecular complexity index is 583. The number of β-amino-alcohol motifs (C(OH)–C–C–N with tert-alkyl or cyclic N) is 1. The fourth-order valence-electron chi connectivity index (χ4n) is 2.63. The Kier molecular flexibility index (Phi) is 8.28. The van der Waals surface area contributed by atoms with Crippen LogP contribution in [0.4, 0.5) is 4.39 Å². The van der Waals surface area contributed by atoms with Gasteiger partial charge < -0.3 is 21.1 Å². The standard InChI is InChI=1S/C17H24FN3O3.ClH/c1-10(2)15(17(24)20-8-12-7-19-9-14(12)22)21-16(23)11-3-5-13(18)6-4-11;/h3-6,10,12,14-15,19,22H,7-9H2,1-2H3,(H,20,24)(H,21,23);1H. The summed E-state index contributed by atoms with van der Waals surface area (Å²) in [5.41, 5.74) is 0.297. The molecule has 3 unspecified atom stereocenters. The second-order valence-corrected chi connectivity index (χ2v) is 6.43. The van der Waals surface area contributed by atoms with Gasteiger partial charge >= 0.3 is 0 Å². The Morgan fingerprint density at radius 3 is 2.44 bits per heavy atom. The van der Waals surface area contributed by atoms with E-state index >= 15 is 0 Å². The smallest absolute Gasteiger partial charge is 0.251 e. The molecule has 0 saturated carbocycles. The summed E-state index contributed by atoms with van der Waals surface area (Å²) in [7, 11) is 0. The van der Waals surface area contributed by atoms with Crippen molar-refractivity contribution in [1.82, 2.24) is 16.0 Å². The van der Waals surface area contributed by atoms with Gasteiger partial charge in [0.25, 0.3) is 5.91 Å². The number of carbonyl (C=O) groups excluding carboxylic acids is 2. The number of benzene rings is 1. The minimum absolute atomic E-state index is 0. The summed E-state index contributed by atoms with van der Waals surface area (Å²) in [6.45, 7) is 5.19. The van der Waals surface area contributed by atoms with Gasteiger partial charge in [-0.3, -0.25) is 9.59 Å². The van der Waals surface area contributed by atoms with Crippen molar-refractivity contribution >= 4 is 24.2 Å². The lowest BCUT2D eigenvalue weighted by molar-refractivity contribution is -0.124. The Labute approximate surface area is 153 Å². The molecule has 1 aliphatic heterocycles.